The van der Waals surface area contributed by atoms with Crippen molar-refractivity contribution in [2.45, 2.75) is 20.0 Å². The van der Waals surface area contributed by atoms with Crippen LogP contribution in [-0.4, -0.2) is 37.1 Å². The second kappa shape index (κ2) is 12.2. The highest BCUT2D eigenvalue weighted by Gasteiger charge is 2.10. The number of hydrogen-bond donors (Lipinski definition) is 2. The Hall–Kier alpha value is -1.48. The van der Waals surface area contributed by atoms with E-state index in [1.165, 1.54) is 34.9 Å². The molecular formula is C21H28FIN4S. The summed E-state index contributed by atoms with van der Waals surface area (Å²) in [5.41, 5.74) is 3.50. The van der Waals surface area contributed by atoms with Crippen LogP contribution in [0.3, 0.4) is 0 Å². The van der Waals surface area contributed by atoms with Gasteiger partial charge in [0, 0.05) is 43.4 Å². The predicted molar refractivity (Wildman–Crippen MR) is 129 cm³/mol. The molecule has 0 aromatic heterocycles. The maximum Gasteiger partial charge on any atom is 0.191 e. The fourth-order valence-electron chi connectivity index (χ4n) is 2.93. The van der Waals surface area contributed by atoms with Crippen LogP contribution in [0.4, 0.5) is 10.1 Å². The normalized spacial score (nSPS) is 14.4. The fourth-order valence-corrected chi connectivity index (χ4v) is 3.84. The Kier molecular flexibility index (Phi) is 9.91. The molecule has 1 aliphatic rings. The molecule has 1 saturated heterocycles. The molecule has 0 bridgehead atoms. The van der Waals surface area contributed by atoms with Crippen molar-refractivity contribution in [3.05, 3.63) is 65.5 Å². The molecule has 28 heavy (non-hydrogen) atoms. The van der Waals surface area contributed by atoms with Crippen molar-refractivity contribution in [1.82, 2.24) is 10.6 Å². The molecule has 152 valence electrons. The number of thioether (sulfide) groups is 1. The van der Waals surface area contributed by atoms with Crippen molar-refractivity contribution in [2.75, 3.05) is 36.0 Å². The summed E-state index contributed by atoms with van der Waals surface area (Å²) in [5, 5.41) is 6.55. The number of hydrogen-bond acceptors (Lipinski definition) is 3. The van der Waals surface area contributed by atoms with Crippen LogP contribution >= 0.6 is 35.7 Å². The molecule has 3 rings (SSSR count). The van der Waals surface area contributed by atoms with Gasteiger partial charge in [0.25, 0.3) is 0 Å². The highest BCUT2D eigenvalue weighted by molar-refractivity contribution is 14.0. The number of anilines is 1. The smallest absolute Gasteiger partial charge is 0.191 e. The Morgan fingerprint density at radius 2 is 1.64 bits per heavy atom. The summed E-state index contributed by atoms with van der Waals surface area (Å²) in [6.45, 7) is 6.31. The number of guanidine groups is 1. The van der Waals surface area contributed by atoms with Gasteiger partial charge in [-0.25, -0.2) is 9.38 Å². The van der Waals surface area contributed by atoms with E-state index in [9.17, 15) is 4.39 Å². The Morgan fingerprint density at radius 1 is 1.00 bits per heavy atom. The summed E-state index contributed by atoms with van der Waals surface area (Å²) in [4.78, 5) is 7.10. The molecule has 4 nitrogen and oxygen atoms in total. The summed E-state index contributed by atoms with van der Waals surface area (Å²) < 4.78 is 13.0. The molecule has 0 amide bonds. The number of aliphatic imine (C=N–C) groups is 1. The Bertz CT molecular complexity index is 731. The van der Waals surface area contributed by atoms with E-state index in [4.69, 9.17) is 0 Å². The third-order valence-corrected chi connectivity index (χ3v) is 5.39. The van der Waals surface area contributed by atoms with Gasteiger partial charge in [-0.1, -0.05) is 24.3 Å². The van der Waals surface area contributed by atoms with Crippen LogP contribution in [-0.2, 0) is 13.1 Å². The fraction of sp³-hybridized carbons (Fsp3) is 0.381. The molecule has 0 atom stereocenters. The van der Waals surface area contributed by atoms with E-state index in [0.717, 1.165) is 31.2 Å². The van der Waals surface area contributed by atoms with Gasteiger partial charge in [-0.05, 0) is 42.3 Å². The average molecular weight is 514 g/mol. The van der Waals surface area contributed by atoms with Gasteiger partial charge < -0.3 is 15.5 Å². The summed E-state index contributed by atoms with van der Waals surface area (Å²) >= 11 is 2.02. The van der Waals surface area contributed by atoms with E-state index in [2.05, 4.69) is 44.8 Å². The van der Waals surface area contributed by atoms with Crippen LogP contribution in [0.1, 0.15) is 18.1 Å². The molecule has 1 heterocycles. The van der Waals surface area contributed by atoms with Gasteiger partial charge in [-0.15, -0.1) is 24.0 Å². The average Bonchev–Trinajstić information content (AvgIpc) is 2.72. The lowest BCUT2D eigenvalue weighted by atomic mass is 10.2. The third kappa shape index (κ3) is 7.16. The molecule has 0 spiro atoms. The molecule has 0 unspecified atom stereocenters. The van der Waals surface area contributed by atoms with E-state index in [0.29, 0.717) is 13.1 Å². The van der Waals surface area contributed by atoms with E-state index in [1.807, 2.05) is 18.7 Å². The van der Waals surface area contributed by atoms with Gasteiger partial charge >= 0.3 is 0 Å². The maximum absolute atomic E-state index is 13.0. The van der Waals surface area contributed by atoms with Crippen molar-refractivity contribution in [3.63, 3.8) is 0 Å². The summed E-state index contributed by atoms with van der Waals surface area (Å²) in [6, 6.07) is 15.2. The first-order valence-corrected chi connectivity index (χ1v) is 10.6. The minimum absolute atomic E-state index is 0. The second-order valence-corrected chi connectivity index (χ2v) is 7.67. The molecule has 0 radical (unpaired) electrons. The number of nitrogens with one attached hydrogen (secondary N) is 2. The maximum atomic E-state index is 13.0. The van der Waals surface area contributed by atoms with Gasteiger partial charge in [0.1, 0.15) is 5.82 Å². The lowest BCUT2D eigenvalue weighted by Crippen LogP contribution is -2.36. The molecule has 1 fully saturated rings. The van der Waals surface area contributed by atoms with Gasteiger partial charge in [-0.2, -0.15) is 11.8 Å². The van der Waals surface area contributed by atoms with Crippen molar-refractivity contribution in [1.29, 1.82) is 0 Å². The highest BCUT2D eigenvalue weighted by atomic mass is 127. The highest BCUT2D eigenvalue weighted by Crippen LogP contribution is 2.20. The van der Waals surface area contributed by atoms with Gasteiger partial charge in [-0.3, -0.25) is 0 Å². The molecule has 0 saturated carbocycles. The molecule has 2 N–H and O–H groups in total. The van der Waals surface area contributed by atoms with Crippen molar-refractivity contribution >= 4 is 47.4 Å². The Morgan fingerprint density at radius 3 is 2.29 bits per heavy atom. The Labute approximate surface area is 188 Å². The van der Waals surface area contributed by atoms with Crippen LogP contribution in [0.2, 0.25) is 0 Å². The topological polar surface area (TPSA) is 39.7 Å². The van der Waals surface area contributed by atoms with Crippen molar-refractivity contribution in [2.24, 2.45) is 4.99 Å². The van der Waals surface area contributed by atoms with Crippen LogP contribution in [0.15, 0.2) is 53.5 Å². The molecule has 0 aliphatic carbocycles. The minimum Gasteiger partial charge on any atom is -0.370 e. The van der Waals surface area contributed by atoms with Crippen LogP contribution in [0.5, 0.6) is 0 Å². The van der Waals surface area contributed by atoms with Gasteiger partial charge in [0.2, 0.25) is 0 Å². The van der Waals surface area contributed by atoms with Gasteiger partial charge in [0.05, 0.1) is 6.54 Å². The summed E-state index contributed by atoms with van der Waals surface area (Å²) in [7, 11) is 0. The van der Waals surface area contributed by atoms with E-state index < -0.39 is 0 Å². The first kappa shape index (κ1) is 22.8. The van der Waals surface area contributed by atoms with Gasteiger partial charge in [0.15, 0.2) is 5.96 Å². The van der Waals surface area contributed by atoms with E-state index >= 15 is 0 Å². The van der Waals surface area contributed by atoms with Crippen molar-refractivity contribution in [3.8, 4) is 0 Å². The van der Waals surface area contributed by atoms with Crippen LogP contribution in [0, 0.1) is 5.82 Å². The summed E-state index contributed by atoms with van der Waals surface area (Å²) in [6.07, 6.45) is 0. The first-order valence-electron chi connectivity index (χ1n) is 9.43. The molecular weight excluding hydrogens is 486 g/mol. The Balaban J connectivity index is 0.00000280. The zero-order valence-electron chi connectivity index (χ0n) is 16.2. The quantitative estimate of drug-likeness (QED) is 0.344. The predicted octanol–water partition coefficient (Wildman–Crippen LogP) is 4.25. The number of benzene rings is 2. The standard InChI is InChI=1S/C21H27FN4S.HI/c1-2-23-21(24-15-17-3-7-19(22)8-4-17)25-16-18-5-9-20(10-6-18)26-11-13-27-14-12-26;/h3-10H,2,11-16H2,1H3,(H2,23,24,25);1H. The zero-order chi connectivity index (χ0) is 18.9. The number of halogens is 2. The minimum atomic E-state index is -0.217. The van der Waals surface area contributed by atoms with Crippen LogP contribution < -0.4 is 15.5 Å². The van der Waals surface area contributed by atoms with Crippen molar-refractivity contribution < 1.29 is 4.39 Å². The van der Waals surface area contributed by atoms with Crippen LogP contribution in [0.25, 0.3) is 0 Å². The second-order valence-electron chi connectivity index (χ2n) is 6.44. The summed E-state index contributed by atoms with van der Waals surface area (Å²) in [5.74, 6) is 2.96. The third-order valence-electron chi connectivity index (χ3n) is 4.45. The number of rotatable bonds is 6. The van der Waals surface area contributed by atoms with E-state index in [1.54, 1.807) is 12.1 Å². The largest absolute Gasteiger partial charge is 0.370 e. The monoisotopic (exact) mass is 514 g/mol. The lowest BCUT2D eigenvalue weighted by molar-refractivity contribution is 0.626. The molecule has 2 aromatic carbocycles. The molecule has 1 aliphatic heterocycles. The lowest BCUT2D eigenvalue weighted by Gasteiger charge is -2.28. The number of nitrogens with zero attached hydrogens (tertiary/aromatic N) is 2. The zero-order valence-corrected chi connectivity index (χ0v) is 19.3. The molecule has 2 aromatic rings. The van der Waals surface area contributed by atoms with E-state index in [-0.39, 0.29) is 29.8 Å². The SMILES string of the molecule is CCNC(=NCc1ccc(N2CCSCC2)cc1)NCc1ccc(F)cc1.I. The first-order chi connectivity index (χ1) is 13.2. The molecule has 7 heteroatoms.